The molecule has 0 aromatic heterocycles. The van der Waals surface area contributed by atoms with Gasteiger partial charge >= 0.3 is 878 Å². The van der Waals surface area contributed by atoms with Gasteiger partial charge < -0.3 is 0 Å². The number of quaternary nitrogens is 4. The van der Waals surface area contributed by atoms with Crippen molar-refractivity contribution in [3.05, 3.63) is 121 Å². The van der Waals surface area contributed by atoms with Gasteiger partial charge in [-0.05, 0) is 0 Å². The van der Waals surface area contributed by atoms with Crippen LogP contribution >= 0.6 is 140 Å². The van der Waals surface area contributed by atoms with Crippen molar-refractivity contribution >= 4 is 336 Å². The van der Waals surface area contributed by atoms with Gasteiger partial charge in [0.25, 0.3) is 0 Å². The van der Waals surface area contributed by atoms with Crippen LogP contribution < -0.4 is 96.3 Å². The zero-order valence-corrected chi connectivity index (χ0v) is 98.2. The number of nitrogens with one attached hydrogen (secondary N) is 2. The molecule has 0 aliphatic carbocycles. The molecular weight excluding hydrogens is 2550 g/mol. The average molecular weight is 2650 g/mol. The summed E-state index contributed by atoms with van der Waals surface area (Å²) in [5, 5.41) is 71.3. The third-order valence-corrected chi connectivity index (χ3v) is 84.4. The Bertz CT molecular complexity index is 5050. The molecule has 4 unspecified atom stereocenters. The van der Waals surface area contributed by atoms with Crippen molar-refractivity contribution in [2.24, 2.45) is 0 Å². The summed E-state index contributed by atoms with van der Waals surface area (Å²) in [7, 11) is -20.7. The molecule has 790 valence electrons. The number of anilines is 5. The van der Waals surface area contributed by atoms with Gasteiger partial charge in [0.1, 0.15) is 0 Å². The SMILES string of the molecule is O=S(=O)([O-])CCN(CCSOO[O-])c1ccc([As]2CC2CS(=O)(=O)[O-])cc1.O=S(=O)([O-])CCS[As](SCCSOO[O-])c1ccc(N(CCSOO[O-])CCS(=O)(=O)[O-])cc1.O=S(=O)([O-])CCS[As](SCCSOO[O-])c1ccc(NCS(=O)(=O)[O-])cc1.[NH3+]CCS[As](SCC[NH3+])c1ccc(N(CCSOO[O-])CCS(=O)(=O)[O-])cc1.[NH3+]CCS[As](SCC[NH3+])c1ccc(NCS(=O)(=O)[O-])cc1. The molecule has 48 nitrogen and oxygen atoms in total. The van der Waals surface area contributed by atoms with Crippen LogP contribution in [0.4, 0.5) is 28.4 Å². The molecule has 0 amide bonds. The van der Waals surface area contributed by atoms with Crippen molar-refractivity contribution in [2.75, 3.05) is 212 Å². The predicted molar refractivity (Wildman–Crippen MR) is 532 cm³/mol. The Labute approximate surface area is 867 Å². The Hall–Kier alpha value is 0.962. The molecule has 1 aliphatic rings. The first-order chi connectivity index (χ1) is 64.6. The predicted octanol–water partition coefficient (Wildman–Crippen LogP) is -7.99. The average Bonchev–Trinajstić information content (AvgIpc) is 1.64. The fraction of sp³-hybridized carbons (Fsp3) is 0.524. The number of hydrogen-bond acceptors (Lipinski definition) is 57. The second-order valence-corrected chi connectivity index (χ2v) is 93.7. The summed E-state index contributed by atoms with van der Waals surface area (Å²) in [5.41, 5.74) is 18.8. The quantitative estimate of drug-likeness (QED) is 0.00526. The van der Waals surface area contributed by atoms with Crippen LogP contribution in [0.3, 0.4) is 0 Å². The molecule has 1 heterocycles. The molecule has 5 aromatic rings. The number of hydrogen-bond donors (Lipinski definition) is 6. The van der Waals surface area contributed by atoms with Crippen LogP contribution in [0, 0.1) is 0 Å². The van der Waals surface area contributed by atoms with E-state index in [-0.39, 0.29) is 53.9 Å². The van der Waals surface area contributed by atoms with Gasteiger partial charge in [0.2, 0.25) is 0 Å². The summed E-state index contributed by atoms with van der Waals surface area (Å²) < 4.78 is 287. The molecule has 1 fully saturated rings. The maximum absolute atomic E-state index is 11.0. The minimum atomic E-state index is -4.44. The summed E-state index contributed by atoms with van der Waals surface area (Å²) in [6.45, 7) is 4.55. The minimum absolute atomic E-state index is 0.0253. The van der Waals surface area contributed by atoms with E-state index in [4.69, 9.17) is 0 Å². The summed E-state index contributed by atoms with van der Waals surface area (Å²) >= 11 is -3.87. The van der Waals surface area contributed by atoms with Crippen LogP contribution in [-0.4, -0.2) is 354 Å². The first kappa shape index (κ1) is 134. The molecule has 6 rings (SSSR count). The van der Waals surface area contributed by atoms with Gasteiger partial charge in [-0.25, -0.2) is 0 Å². The summed E-state index contributed by atoms with van der Waals surface area (Å²) in [5.74, 6) is 3.24. The number of rotatable bonds is 72. The van der Waals surface area contributed by atoms with Gasteiger partial charge in [-0.3, -0.25) is 0 Å². The molecular formula is C63H99As5N9O39S21-9. The monoisotopic (exact) mass is 2650 g/mol. The second kappa shape index (κ2) is 75.6. The molecule has 1 aliphatic heterocycles. The van der Waals surface area contributed by atoms with E-state index < -0.39 is 185 Å². The van der Waals surface area contributed by atoms with E-state index in [0.717, 1.165) is 133 Å². The first-order valence-electron chi connectivity index (χ1n) is 38.4. The maximum atomic E-state index is 11.0. The van der Waals surface area contributed by atoms with Crippen molar-refractivity contribution in [1.82, 2.24) is 0 Å². The standard InChI is InChI=1S/C14H26AsN3O6S4.C14H24AsNO12S6.C13H20AsNO9S3.C11H20AsN3O3S3.C11H18AsNO9S5/c16-5-9-25-15(26-10-6-17)13-1-3-14(4-2-13)18(7-11-27-24-23-19)8-12-28(20,21)22;17-25-27-31-7-5-16(6-11-33(19,20)21)14-3-1-13(2-4-14)15(29-8-9-32-28-26-18)30-10-12-34(22,23)24;16-23-24-25-7-5-15(6-8-26(17,18)19)13-3-1-11(2-4-13)14-9-12(14)10-27(20,21)22;13-5-7-19-12(20-8-6-14)10-1-3-11(4-2-10)15-9-21(16,17)18;14-21-22-25-6-5-23-12(24-7-8-26(15,16)17)10-1-3-11(4-2-10)13-9-27(18,19)20/h1-4,19H,5-12,16-17H2,(H,20,21,22);1-4,17-18H,5-12H2,(H,19,20,21)(H,22,23,24);1-4,12,16H,5-10H2,(H,17,18,19)(H,20,21,22);1-4,15H,5-9,13-14H2,(H,16,17,18);1-4,13-14H,5-9H2,(H,15,16,17)(H,18,19,20)/p-9. The third-order valence-electron chi connectivity index (χ3n) is 15.4. The van der Waals surface area contributed by atoms with Gasteiger partial charge in [0.15, 0.2) is 0 Å². The topological polar surface area (TPSA) is 810 Å². The molecule has 74 heteroatoms. The summed E-state index contributed by atoms with van der Waals surface area (Å²) in [6.07, 6.45) is 0. The van der Waals surface area contributed by atoms with Crippen molar-refractivity contribution in [1.29, 1.82) is 0 Å². The molecule has 0 spiro atoms. The fourth-order valence-electron chi connectivity index (χ4n) is 9.62. The molecule has 0 radical (unpaired) electrons. The number of nitrogens with zero attached hydrogens (tertiary/aromatic N) is 3. The van der Waals surface area contributed by atoms with Gasteiger partial charge in [0, 0.05) is 0 Å². The Morgan fingerprint density at radius 1 is 0.299 bits per heavy atom. The second-order valence-electron chi connectivity index (χ2n) is 25.6. The van der Waals surface area contributed by atoms with Crippen LogP contribution in [0.2, 0.25) is 9.91 Å². The van der Waals surface area contributed by atoms with Crippen LogP contribution in [0.1, 0.15) is 0 Å². The van der Waals surface area contributed by atoms with Crippen molar-refractivity contribution < 1.29 is 200 Å². The molecule has 4 atom stereocenters. The summed E-state index contributed by atoms with van der Waals surface area (Å²) in [6, 6.07) is 36.8. The third kappa shape index (κ3) is 72.1. The molecule has 1 saturated heterocycles. The molecule has 14 N–H and O–H groups in total. The molecule has 5 aromatic carbocycles. The van der Waals surface area contributed by atoms with E-state index in [0.29, 0.717) is 70.4 Å². The van der Waals surface area contributed by atoms with Gasteiger partial charge in [0.05, 0.1) is 0 Å². The first-order valence-corrected chi connectivity index (χ1v) is 88.6. The van der Waals surface area contributed by atoms with E-state index in [1.165, 1.54) is 28.8 Å². The van der Waals surface area contributed by atoms with Crippen molar-refractivity contribution in [3.63, 3.8) is 0 Å². The molecule has 137 heavy (non-hydrogen) atoms. The van der Waals surface area contributed by atoms with E-state index in [9.17, 15) is 130 Å². The fourth-order valence-corrected chi connectivity index (χ4v) is 76.5. The summed E-state index contributed by atoms with van der Waals surface area (Å²) in [4.78, 5) is 5.08. The van der Waals surface area contributed by atoms with Gasteiger partial charge in [-0.15, -0.1) is 0 Å². The van der Waals surface area contributed by atoms with Crippen LogP contribution in [-0.2, 0) is 128 Å². The Morgan fingerprint density at radius 2 is 0.540 bits per heavy atom. The molecule has 0 bridgehead atoms. The molecule has 0 saturated carbocycles. The van der Waals surface area contributed by atoms with E-state index in [1.807, 2.05) is 101 Å². The van der Waals surface area contributed by atoms with E-state index >= 15 is 0 Å². The van der Waals surface area contributed by atoms with Crippen LogP contribution in [0.15, 0.2) is 121 Å². The normalized spacial score (nSPS) is 14.1. The Morgan fingerprint density at radius 3 is 0.781 bits per heavy atom. The van der Waals surface area contributed by atoms with Crippen LogP contribution in [0.25, 0.3) is 0 Å². The van der Waals surface area contributed by atoms with E-state index in [1.54, 1.807) is 83.3 Å². The number of benzene rings is 5. The zero-order valence-electron chi connectivity index (χ0n) is 71.7. The Kier molecular flexibility index (Phi) is 74.0. The Balaban J connectivity index is 0.000000583. The van der Waals surface area contributed by atoms with Crippen molar-refractivity contribution in [3.8, 4) is 0 Å². The van der Waals surface area contributed by atoms with Crippen LogP contribution in [0.5, 0.6) is 0 Å². The van der Waals surface area contributed by atoms with E-state index in [2.05, 4.69) is 92.6 Å². The van der Waals surface area contributed by atoms with Gasteiger partial charge in [-0.2, -0.15) is 0 Å². The zero-order chi connectivity index (χ0) is 102. The van der Waals surface area contributed by atoms with Gasteiger partial charge in [-0.1, -0.05) is 0 Å². The van der Waals surface area contributed by atoms with Crippen molar-refractivity contribution in [2.45, 2.75) is 9.91 Å².